The number of amides is 1. The summed E-state index contributed by atoms with van der Waals surface area (Å²) in [5.74, 6) is 0.629. The molecule has 0 fully saturated rings. The normalized spacial score (nSPS) is 11.3. The Morgan fingerprint density at radius 1 is 0.795 bits per heavy atom. The Hall–Kier alpha value is -3.84. The van der Waals surface area contributed by atoms with Crippen LogP contribution in [0, 0.1) is 0 Å². The van der Waals surface area contributed by atoms with E-state index in [2.05, 4.69) is 5.32 Å². The zero-order valence-electron chi connectivity index (χ0n) is 22.6. The predicted octanol–water partition coefficient (Wildman–Crippen LogP) is 1.07. The Labute approximate surface area is 227 Å². The highest BCUT2D eigenvalue weighted by Crippen LogP contribution is 2.35. The molecule has 0 aliphatic heterocycles. The average molecular weight is 550 g/mol. The van der Waals surface area contributed by atoms with Gasteiger partial charge in [0.2, 0.25) is 5.91 Å². The van der Waals surface area contributed by atoms with Crippen molar-refractivity contribution in [2.24, 2.45) is 0 Å². The van der Waals surface area contributed by atoms with E-state index in [9.17, 15) is 24.9 Å². The number of nitrogens with one attached hydrogen (secondary N) is 1. The van der Waals surface area contributed by atoms with Crippen molar-refractivity contribution < 1.29 is 53.1 Å². The van der Waals surface area contributed by atoms with E-state index in [0.717, 1.165) is 0 Å². The molecule has 0 aliphatic carbocycles. The predicted molar refractivity (Wildman–Crippen MR) is 143 cm³/mol. The van der Waals surface area contributed by atoms with Crippen LogP contribution >= 0.6 is 0 Å². The van der Waals surface area contributed by atoms with E-state index in [1.54, 1.807) is 18.2 Å². The first-order valence-electron chi connectivity index (χ1n) is 12.1. The third-order valence-corrected chi connectivity index (χ3v) is 6.00. The summed E-state index contributed by atoms with van der Waals surface area (Å²) in [6.07, 6.45) is 2.84. The highest BCUT2D eigenvalue weighted by atomic mass is 16.6. The number of esters is 1. The van der Waals surface area contributed by atoms with Gasteiger partial charge in [-0.15, -0.1) is 0 Å². The van der Waals surface area contributed by atoms with Crippen molar-refractivity contribution >= 4 is 23.6 Å². The van der Waals surface area contributed by atoms with Crippen LogP contribution in [-0.4, -0.2) is 106 Å². The van der Waals surface area contributed by atoms with E-state index in [1.165, 1.54) is 52.7 Å². The highest BCUT2D eigenvalue weighted by molar-refractivity contribution is 6.02. The molecule has 0 saturated heterocycles. The maximum atomic E-state index is 12.8. The largest absolute Gasteiger partial charge is 0.496 e. The maximum absolute atomic E-state index is 12.8. The molecule has 2 rings (SSSR count). The van der Waals surface area contributed by atoms with Gasteiger partial charge in [-0.3, -0.25) is 4.79 Å². The number of benzene rings is 2. The number of hydrogen-bond donors (Lipinski definition) is 4. The third-order valence-electron chi connectivity index (χ3n) is 6.00. The van der Waals surface area contributed by atoms with Crippen molar-refractivity contribution in [2.75, 3.05) is 79.8 Å². The molecule has 0 spiro atoms. The molecular formula is C27H37N2O10+. The number of quaternary nitrogens is 1. The smallest absolute Gasteiger partial charge is 0.367 e. The molecule has 0 unspecified atom stereocenters. The van der Waals surface area contributed by atoms with E-state index < -0.39 is 11.9 Å². The van der Waals surface area contributed by atoms with Crippen LogP contribution in [0.3, 0.4) is 0 Å². The summed E-state index contributed by atoms with van der Waals surface area (Å²) in [6.45, 7) is -0.450. The van der Waals surface area contributed by atoms with Crippen LogP contribution in [0.2, 0.25) is 0 Å². The lowest BCUT2D eigenvalue weighted by molar-refractivity contribution is -0.922. The van der Waals surface area contributed by atoms with Crippen molar-refractivity contribution in [2.45, 2.75) is 0 Å². The summed E-state index contributed by atoms with van der Waals surface area (Å²) in [7, 11) is 5.91. The Kier molecular flexibility index (Phi) is 12.5. The fraction of sp³-hybridized carbons (Fsp3) is 0.407. The maximum Gasteiger partial charge on any atom is 0.367 e. The Bertz CT molecular complexity index is 1090. The number of nitrogens with zero attached hydrogens (tertiary/aromatic N) is 1. The second kappa shape index (κ2) is 15.5. The van der Waals surface area contributed by atoms with Gasteiger partial charge >= 0.3 is 5.97 Å². The number of aliphatic hydroxyl groups is 3. The van der Waals surface area contributed by atoms with Gasteiger partial charge in [0.1, 0.15) is 36.9 Å². The molecule has 0 bridgehead atoms. The van der Waals surface area contributed by atoms with Gasteiger partial charge in [0.15, 0.2) is 18.0 Å². The lowest BCUT2D eigenvalue weighted by atomic mass is 10.1. The molecule has 0 atom stereocenters. The molecule has 0 saturated carbocycles. The summed E-state index contributed by atoms with van der Waals surface area (Å²) in [5.41, 5.74) is 0.874. The van der Waals surface area contributed by atoms with Crippen molar-refractivity contribution in [3.05, 3.63) is 42.0 Å². The van der Waals surface area contributed by atoms with Crippen LogP contribution in [0.1, 0.15) is 5.56 Å². The number of rotatable bonds is 16. The van der Waals surface area contributed by atoms with Crippen molar-refractivity contribution in [1.29, 1.82) is 0 Å². The van der Waals surface area contributed by atoms with Gasteiger partial charge in [0, 0.05) is 30.0 Å². The minimum atomic E-state index is -0.661. The number of anilines is 1. The van der Waals surface area contributed by atoms with Gasteiger partial charge in [0.05, 0.1) is 53.8 Å². The number of hydrogen-bond acceptors (Lipinski definition) is 10. The van der Waals surface area contributed by atoms with Crippen LogP contribution in [0.5, 0.6) is 28.7 Å². The number of carbonyl (C=O) groups is 2. The van der Waals surface area contributed by atoms with Gasteiger partial charge in [-0.25, -0.2) is 4.79 Å². The first-order valence-corrected chi connectivity index (χ1v) is 12.1. The molecule has 12 heteroatoms. The van der Waals surface area contributed by atoms with Crippen molar-refractivity contribution in [3.8, 4) is 28.7 Å². The van der Waals surface area contributed by atoms with E-state index >= 15 is 0 Å². The van der Waals surface area contributed by atoms with Gasteiger partial charge in [-0.05, 0) is 18.2 Å². The number of methoxy groups -OCH3 is 4. The van der Waals surface area contributed by atoms with Gasteiger partial charge in [0.25, 0.3) is 0 Å². The Morgan fingerprint density at radius 2 is 1.36 bits per heavy atom. The first kappa shape index (κ1) is 31.4. The van der Waals surface area contributed by atoms with E-state index in [0.29, 0.717) is 28.5 Å². The first-order chi connectivity index (χ1) is 18.8. The summed E-state index contributed by atoms with van der Waals surface area (Å²) in [4.78, 5) is 25.5. The Morgan fingerprint density at radius 3 is 1.85 bits per heavy atom. The van der Waals surface area contributed by atoms with E-state index in [1.807, 2.05) is 0 Å². The number of aliphatic hydroxyl groups excluding tert-OH is 3. The molecule has 4 N–H and O–H groups in total. The topological polar surface area (TPSA) is 153 Å². The SMILES string of the molecule is COc1cc(OC)c(/C=C/C(=O)Nc2ccc(OC)c(OC(=O)C[N+](CCO)(CCO)CCO)c2)c(OC)c1. The standard InChI is InChI=1S/C27H36N2O10/c1-35-20-16-23(37-3)21(24(17-20)38-4)6-8-26(33)28-19-5-7-22(36-2)25(15-19)39-27(34)18-29(9-12-30,10-13-31)11-14-32/h5-8,15-17,30-32H,9-14,18H2,1-4H3/p+1/b8-6+. The zero-order valence-corrected chi connectivity index (χ0v) is 22.6. The quantitative estimate of drug-likeness (QED) is 0.104. The molecule has 0 heterocycles. The highest BCUT2D eigenvalue weighted by Gasteiger charge is 2.31. The van der Waals surface area contributed by atoms with Crippen LogP contribution in [0.25, 0.3) is 6.08 Å². The average Bonchev–Trinajstić information content (AvgIpc) is 2.91. The van der Waals surface area contributed by atoms with Gasteiger partial charge in [-0.2, -0.15) is 0 Å². The molecule has 2 aromatic rings. The van der Waals surface area contributed by atoms with Gasteiger partial charge in [-0.1, -0.05) is 0 Å². The number of carbonyl (C=O) groups excluding carboxylic acids is 2. The minimum absolute atomic E-state index is 0.0514. The third kappa shape index (κ3) is 8.86. The number of ether oxygens (including phenoxy) is 5. The monoisotopic (exact) mass is 549 g/mol. The fourth-order valence-electron chi connectivity index (χ4n) is 4.01. The van der Waals surface area contributed by atoms with Crippen molar-refractivity contribution in [1.82, 2.24) is 0 Å². The molecule has 214 valence electrons. The summed E-state index contributed by atoms with van der Waals surface area (Å²) in [5, 5.41) is 31.0. The van der Waals surface area contributed by atoms with Crippen molar-refractivity contribution in [3.63, 3.8) is 0 Å². The molecule has 0 aromatic heterocycles. The molecule has 39 heavy (non-hydrogen) atoms. The molecule has 0 aliphatic rings. The summed E-state index contributed by atoms with van der Waals surface area (Å²) >= 11 is 0. The second-order valence-corrected chi connectivity index (χ2v) is 8.45. The molecule has 1 amide bonds. The van der Waals surface area contributed by atoms with Crippen LogP contribution in [0.15, 0.2) is 36.4 Å². The Balaban J connectivity index is 2.22. The molecule has 12 nitrogen and oxygen atoms in total. The van der Waals surface area contributed by atoms with Crippen LogP contribution in [0.4, 0.5) is 5.69 Å². The van der Waals surface area contributed by atoms with Crippen LogP contribution in [-0.2, 0) is 9.59 Å². The van der Waals surface area contributed by atoms with E-state index in [-0.39, 0.29) is 62.0 Å². The molecule has 0 radical (unpaired) electrons. The lowest BCUT2D eigenvalue weighted by Crippen LogP contribution is -2.56. The van der Waals surface area contributed by atoms with Gasteiger partial charge < -0.3 is 48.8 Å². The summed E-state index contributed by atoms with van der Waals surface area (Å²) < 4.78 is 26.8. The summed E-state index contributed by atoms with van der Waals surface area (Å²) in [6, 6.07) is 7.89. The zero-order chi connectivity index (χ0) is 28.8. The molecule has 2 aromatic carbocycles. The fourth-order valence-corrected chi connectivity index (χ4v) is 4.01. The lowest BCUT2D eigenvalue weighted by Gasteiger charge is -2.36. The van der Waals surface area contributed by atoms with E-state index in [4.69, 9.17) is 23.7 Å². The minimum Gasteiger partial charge on any atom is -0.496 e. The molecular weight excluding hydrogens is 512 g/mol. The second-order valence-electron chi connectivity index (χ2n) is 8.45. The van der Waals surface area contributed by atoms with Crippen LogP contribution < -0.4 is 29.0 Å².